The lowest BCUT2D eigenvalue weighted by molar-refractivity contribution is -0.123. The van der Waals surface area contributed by atoms with Gasteiger partial charge in [-0.2, -0.15) is 0 Å². The van der Waals surface area contributed by atoms with Crippen LogP contribution in [0.1, 0.15) is 40.0 Å². The molecule has 22 heavy (non-hydrogen) atoms. The molecule has 5 heteroatoms. The van der Waals surface area contributed by atoms with Crippen molar-refractivity contribution in [3.8, 4) is 0 Å². The minimum Gasteiger partial charge on any atom is -0.354 e. The third-order valence-corrected chi connectivity index (χ3v) is 3.19. The lowest BCUT2D eigenvalue weighted by Crippen LogP contribution is -2.48. The highest BCUT2D eigenvalue weighted by Crippen LogP contribution is 2.07. The fraction of sp³-hybridized carbons (Fsp3) is 0.529. The molecule has 1 atom stereocenters. The van der Waals surface area contributed by atoms with Gasteiger partial charge in [-0.3, -0.25) is 4.79 Å². The summed E-state index contributed by atoms with van der Waals surface area (Å²) in [6.07, 6.45) is 2.58. The Labute approximate surface area is 132 Å². The third-order valence-electron chi connectivity index (χ3n) is 3.19. The number of hydrogen-bond donors (Lipinski definition) is 3. The van der Waals surface area contributed by atoms with Crippen LogP contribution in [0.5, 0.6) is 0 Å². The van der Waals surface area contributed by atoms with Gasteiger partial charge in [-0.1, -0.05) is 45.4 Å². The van der Waals surface area contributed by atoms with Crippen LogP contribution < -0.4 is 16.0 Å². The molecule has 0 unspecified atom stereocenters. The van der Waals surface area contributed by atoms with Gasteiger partial charge in [0.05, 0.1) is 0 Å². The summed E-state index contributed by atoms with van der Waals surface area (Å²) in [5, 5.41) is 8.38. The Hall–Kier alpha value is -2.04. The van der Waals surface area contributed by atoms with E-state index in [1.165, 1.54) is 0 Å². The maximum absolute atomic E-state index is 12.2. The van der Waals surface area contributed by atoms with Crippen LogP contribution in [0.25, 0.3) is 0 Å². The summed E-state index contributed by atoms with van der Waals surface area (Å²) in [6.45, 7) is 6.78. The molecule has 1 rings (SSSR count). The van der Waals surface area contributed by atoms with Gasteiger partial charge >= 0.3 is 6.03 Å². The number of nitrogens with one attached hydrogen (secondary N) is 3. The average molecular weight is 305 g/mol. The first kappa shape index (κ1) is 18.0. The zero-order chi connectivity index (χ0) is 16.4. The Balaban J connectivity index is 2.56. The zero-order valence-corrected chi connectivity index (χ0v) is 13.7. The molecule has 122 valence electrons. The summed E-state index contributed by atoms with van der Waals surface area (Å²) in [7, 11) is 0. The fourth-order valence-electron chi connectivity index (χ4n) is 2.06. The Bertz CT molecular complexity index is 460. The van der Waals surface area contributed by atoms with Crippen LogP contribution in [-0.4, -0.2) is 24.5 Å². The Morgan fingerprint density at radius 1 is 1.14 bits per heavy atom. The normalized spacial score (nSPS) is 11.8. The number of carbonyl (C=O) groups is 2. The summed E-state index contributed by atoms with van der Waals surface area (Å²) in [5.74, 6) is 0.198. The van der Waals surface area contributed by atoms with Crippen molar-refractivity contribution < 1.29 is 9.59 Å². The van der Waals surface area contributed by atoms with Crippen LogP contribution >= 0.6 is 0 Å². The molecule has 0 saturated heterocycles. The van der Waals surface area contributed by atoms with Crippen LogP contribution in [0.4, 0.5) is 10.5 Å². The number of hydrogen-bond acceptors (Lipinski definition) is 2. The molecule has 0 heterocycles. The minimum absolute atomic E-state index is 0.120. The van der Waals surface area contributed by atoms with E-state index in [0.29, 0.717) is 24.6 Å². The van der Waals surface area contributed by atoms with Crippen molar-refractivity contribution in [3.05, 3.63) is 30.3 Å². The van der Waals surface area contributed by atoms with Crippen LogP contribution in [0.15, 0.2) is 30.3 Å². The summed E-state index contributed by atoms with van der Waals surface area (Å²) in [5.41, 5.74) is 0.703. The molecule has 1 aromatic carbocycles. The Morgan fingerprint density at radius 2 is 1.82 bits per heavy atom. The Morgan fingerprint density at radius 3 is 2.41 bits per heavy atom. The second-order valence-electron chi connectivity index (χ2n) is 5.79. The van der Waals surface area contributed by atoms with E-state index in [1.807, 2.05) is 32.0 Å². The van der Waals surface area contributed by atoms with E-state index in [1.54, 1.807) is 12.1 Å². The smallest absolute Gasteiger partial charge is 0.319 e. The molecule has 0 aromatic heterocycles. The lowest BCUT2D eigenvalue weighted by Gasteiger charge is -2.20. The van der Waals surface area contributed by atoms with Gasteiger partial charge in [-0.15, -0.1) is 0 Å². The average Bonchev–Trinajstić information content (AvgIpc) is 2.47. The molecule has 0 radical (unpaired) electrons. The van der Waals surface area contributed by atoms with Crippen molar-refractivity contribution in [2.45, 2.75) is 46.1 Å². The topological polar surface area (TPSA) is 70.2 Å². The number of benzene rings is 1. The predicted octanol–water partition coefficient (Wildman–Crippen LogP) is 3.14. The number of anilines is 1. The van der Waals surface area contributed by atoms with Crippen LogP contribution in [0, 0.1) is 5.92 Å². The number of rotatable bonds is 8. The molecule has 0 aliphatic heterocycles. The third kappa shape index (κ3) is 7.11. The largest absolute Gasteiger partial charge is 0.354 e. The number of unbranched alkanes of at least 4 members (excludes halogenated alkanes) is 1. The Kier molecular flexibility index (Phi) is 8.04. The van der Waals surface area contributed by atoms with Gasteiger partial charge in [-0.05, 0) is 30.9 Å². The highest BCUT2D eigenvalue weighted by molar-refractivity contribution is 5.93. The number of carbonyl (C=O) groups excluding carboxylic acids is 2. The van der Waals surface area contributed by atoms with Crippen molar-refractivity contribution in [3.63, 3.8) is 0 Å². The quantitative estimate of drug-likeness (QED) is 0.646. The predicted molar refractivity (Wildman–Crippen MR) is 89.8 cm³/mol. The molecular formula is C17H27N3O2. The molecule has 0 aliphatic carbocycles. The number of amides is 3. The van der Waals surface area contributed by atoms with Crippen LogP contribution in [-0.2, 0) is 4.79 Å². The van der Waals surface area contributed by atoms with Crippen molar-refractivity contribution in [1.82, 2.24) is 10.6 Å². The summed E-state index contributed by atoms with van der Waals surface area (Å²) in [6, 6.07) is 8.31. The van der Waals surface area contributed by atoms with Gasteiger partial charge in [0, 0.05) is 12.2 Å². The first-order valence-corrected chi connectivity index (χ1v) is 7.93. The number of urea groups is 1. The van der Waals surface area contributed by atoms with Gasteiger partial charge in [0.15, 0.2) is 0 Å². The first-order valence-electron chi connectivity index (χ1n) is 7.93. The lowest BCUT2D eigenvalue weighted by atomic mass is 10.0. The second-order valence-corrected chi connectivity index (χ2v) is 5.79. The van der Waals surface area contributed by atoms with E-state index >= 15 is 0 Å². The maximum atomic E-state index is 12.2. The first-order chi connectivity index (χ1) is 10.5. The van der Waals surface area contributed by atoms with Crippen LogP contribution in [0.3, 0.4) is 0 Å². The highest BCUT2D eigenvalue weighted by atomic mass is 16.2. The van der Waals surface area contributed by atoms with E-state index < -0.39 is 6.04 Å². The van der Waals surface area contributed by atoms with Gasteiger partial charge in [-0.25, -0.2) is 4.79 Å². The molecule has 0 spiro atoms. The molecule has 0 fully saturated rings. The van der Waals surface area contributed by atoms with E-state index in [4.69, 9.17) is 0 Å². The van der Waals surface area contributed by atoms with Crippen molar-refractivity contribution >= 4 is 17.6 Å². The van der Waals surface area contributed by atoms with Gasteiger partial charge in [0.25, 0.3) is 0 Å². The number of para-hydroxylation sites is 1. The van der Waals surface area contributed by atoms with Gasteiger partial charge in [0.1, 0.15) is 6.04 Å². The molecular weight excluding hydrogens is 278 g/mol. The van der Waals surface area contributed by atoms with Gasteiger partial charge < -0.3 is 16.0 Å². The molecule has 3 amide bonds. The summed E-state index contributed by atoms with van der Waals surface area (Å²) >= 11 is 0. The molecule has 5 nitrogen and oxygen atoms in total. The SMILES string of the molecule is CCCCNC(=O)[C@@H](CC(C)C)NC(=O)Nc1ccccc1. The van der Waals surface area contributed by atoms with Crippen molar-refractivity contribution in [1.29, 1.82) is 0 Å². The second kappa shape index (κ2) is 9.82. The molecule has 0 saturated carbocycles. The van der Waals surface area contributed by atoms with E-state index in [-0.39, 0.29) is 11.9 Å². The molecule has 0 aliphatic rings. The minimum atomic E-state index is -0.513. The van der Waals surface area contributed by atoms with Gasteiger partial charge in [0.2, 0.25) is 5.91 Å². The molecule has 1 aromatic rings. The molecule has 0 bridgehead atoms. The monoisotopic (exact) mass is 305 g/mol. The van der Waals surface area contributed by atoms with E-state index in [0.717, 1.165) is 12.8 Å². The molecule has 3 N–H and O–H groups in total. The zero-order valence-electron chi connectivity index (χ0n) is 13.7. The summed E-state index contributed by atoms with van der Waals surface area (Å²) < 4.78 is 0. The fourth-order valence-corrected chi connectivity index (χ4v) is 2.06. The van der Waals surface area contributed by atoms with Crippen molar-refractivity contribution in [2.24, 2.45) is 5.92 Å². The standard InChI is InChI=1S/C17H27N3O2/c1-4-5-11-18-16(21)15(12-13(2)3)20-17(22)19-14-9-7-6-8-10-14/h6-10,13,15H,4-5,11-12H2,1-3H3,(H,18,21)(H2,19,20,22)/t15-/m1/s1. The van der Waals surface area contributed by atoms with E-state index in [2.05, 4.69) is 22.9 Å². The maximum Gasteiger partial charge on any atom is 0.319 e. The van der Waals surface area contributed by atoms with Crippen LogP contribution in [0.2, 0.25) is 0 Å². The van der Waals surface area contributed by atoms with Crippen molar-refractivity contribution in [2.75, 3.05) is 11.9 Å². The highest BCUT2D eigenvalue weighted by Gasteiger charge is 2.21. The summed E-state index contributed by atoms with van der Waals surface area (Å²) in [4.78, 5) is 24.2. The van der Waals surface area contributed by atoms with E-state index in [9.17, 15) is 9.59 Å².